The van der Waals surface area contributed by atoms with Gasteiger partial charge in [0.15, 0.2) is 0 Å². The molecule has 0 radical (unpaired) electrons. The van der Waals surface area contributed by atoms with Crippen LogP contribution in [0.2, 0.25) is 0 Å². The Kier molecular flexibility index (Phi) is 7.40. The smallest absolute Gasteiger partial charge is 0.261 e. The lowest BCUT2D eigenvalue weighted by atomic mass is 10.4. The maximum Gasteiger partial charge on any atom is 0.261 e. The first-order valence-electron chi connectivity index (χ1n) is 5.46. The molecule has 0 aliphatic heterocycles. The first-order chi connectivity index (χ1) is 8.50. The van der Waals surface area contributed by atoms with E-state index in [-0.39, 0.29) is 5.91 Å². The number of ether oxygens (including phenoxy) is 1. The highest BCUT2D eigenvalue weighted by Gasteiger charge is 2.11. The Bertz CT molecular complexity index is 377. The predicted octanol–water partition coefficient (Wildman–Crippen LogP) is 2.58. The van der Waals surface area contributed by atoms with E-state index in [1.807, 2.05) is 14.1 Å². The molecule has 1 N–H and O–H groups in total. The van der Waals surface area contributed by atoms with Crippen LogP contribution in [-0.4, -0.2) is 51.2 Å². The lowest BCUT2D eigenvalue weighted by Crippen LogP contribution is -2.27. The highest BCUT2D eigenvalue weighted by atomic mass is 79.9. The van der Waals surface area contributed by atoms with E-state index in [4.69, 9.17) is 4.74 Å². The highest BCUT2D eigenvalue weighted by molar-refractivity contribution is 9.13. The molecule has 1 amide bonds. The second-order valence-electron chi connectivity index (χ2n) is 3.90. The minimum absolute atomic E-state index is 0.0670. The molecule has 0 aliphatic carbocycles. The van der Waals surface area contributed by atoms with Gasteiger partial charge in [0.05, 0.1) is 21.9 Å². The summed E-state index contributed by atoms with van der Waals surface area (Å²) in [5.41, 5.74) is 0. The van der Waals surface area contributed by atoms with Gasteiger partial charge in [-0.15, -0.1) is 11.3 Å². The Labute approximate surface area is 128 Å². The van der Waals surface area contributed by atoms with Crippen LogP contribution >= 0.6 is 43.2 Å². The summed E-state index contributed by atoms with van der Waals surface area (Å²) in [4.78, 5) is 14.5. The quantitative estimate of drug-likeness (QED) is 0.716. The normalized spacial score (nSPS) is 10.9. The third kappa shape index (κ3) is 5.79. The third-order valence-corrected chi connectivity index (χ3v) is 5.34. The minimum Gasteiger partial charge on any atom is -0.378 e. The van der Waals surface area contributed by atoms with E-state index in [1.54, 1.807) is 6.07 Å². The maximum absolute atomic E-state index is 11.7. The van der Waals surface area contributed by atoms with Crippen molar-refractivity contribution < 1.29 is 9.53 Å². The Hall–Kier alpha value is 0.0500. The monoisotopic (exact) mass is 398 g/mol. The zero-order valence-corrected chi connectivity index (χ0v) is 14.3. The Morgan fingerprint density at radius 1 is 1.44 bits per heavy atom. The predicted molar refractivity (Wildman–Crippen MR) is 81.4 cm³/mol. The first-order valence-corrected chi connectivity index (χ1v) is 7.86. The van der Waals surface area contributed by atoms with E-state index in [9.17, 15) is 4.79 Å². The number of hydrogen-bond donors (Lipinski definition) is 1. The molecule has 1 aromatic heterocycles. The van der Waals surface area contributed by atoms with Crippen LogP contribution in [0.4, 0.5) is 0 Å². The summed E-state index contributed by atoms with van der Waals surface area (Å²) in [7, 11) is 4.00. The summed E-state index contributed by atoms with van der Waals surface area (Å²) in [6, 6.07) is 1.80. The molecule has 0 saturated carbocycles. The summed E-state index contributed by atoms with van der Waals surface area (Å²) in [5.74, 6) is -0.0670. The topological polar surface area (TPSA) is 41.6 Å². The van der Waals surface area contributed by atoms with Crippen molar-refractivity contribution in [2.75, 3.05) is 40.4 Å². The van der Waals surface area contributed by atoms with Crippen molar-refractivity contribution in [2.24, 2.45) is 0 Å². The van der Waals surface area contributed by atoms with Crippen LogP contribution in [0, 0.1) is 0 Å². The van der Waals surface area contributed by atoms with Crippen LogP contribution in [0.3, 0.4) is 0 Å². The zero-order valence-electron chi connectivity index (χ0n) is 10.3. The molecule has 0 spiro atoms. The first kappa shape index (κ1) is 16.1. The molecule has 0 fully saturated rings. The lowest BCUT2D eigenvalue weighted by molar-refractivity contribution is 0.0904. The number of halogens is 2. The number of nitrogens with one attached hydrogen (secondary N) is 1. The fraction of sp³-hybridized carbons (Fsp3) is 0.545. The van der Waals surface area contributed by atoms with Crippen LogP contribution in [-0.2, 0) is 4.74 Å². The average Bonchev–Trinajstić information content (AvgIpc) is 2.63. The van der Waals surface area contributed by atoms with Gasteiger partial charge in [-0.3, -0.25) is 4.79 Å². The zero-order chi connectivity index (χ0) is 13.5. The number of carbonyl (C=O) groups excluding carboxylic acids is 1. The minimum atomic E-state index is -0.0670. The van der Waals surface area contributed by atoms with Gasteiger partial charge >= 0.3 is 0 Å². The van der Waals surface area contributed by atoms with Crippen LogP contribution in [0.25, 0.3) is 0 Å². The second-order valence-corrected chi connectivity index (χ2v) is 7.13. The summed E-state index contributed by atoms with van der Waals surface area (Å²) >= 11 is 8.12. The van der Waals surface area contributed by atoms with Gasteiger partial charge in [0.1, 0.15) is 0 Å². The van der Waals surface area contributed by atoms with Crippen molar-refractivity contribution >= 4 is 49.1 Å². The van der Waals surface area contributed by atoms with Gasteiger partial charge in [0.2, 0.25) is 0 Å². The number of rotatable bonds is 7. The van der Waals surface area contributed by atoms with E-state index in [0.717, 1.165) is 14.8 Å². The molecule has 4 nitrogen and oxygen atoms in total. The van der Waals surface area contributed by atoms with Crippen molar-refractivity contribution in [1.29, 1.82) is 0 Å². The molecule has 0 unspecified atom stereocenters. The molecular formula is C11H16Br2N2O2S. The molecule has 1 aromatic rings. The van der Waals surface area contributed by atoms with Gasteiger partial charge in [-0.05, 0) is 52.0 Å². The molecule has 0 aliphatic rings. The van der Waals surface area contributed by atoms with E-state index in [2.05, 4.69) is 42.1 Å². The van der Waals surface area contributed by atoms with Gasteiger partial charge in [0, 0.05) is 17.6 Å². The summed E-state index contributed by atoms with van der Waals surface area (Å²) in [6.45, 7) is 2.63. The number of carbonyl (C=O) groups is 1. The average molecular weight is 400 g/mol. The van der Waals surface area contributed by atoms with Gasteiger partial charge in [-0.1, -0.05) is 0 Å². The van der Waals surface area contributed by atoms with Crippen molar-refractivity contribution in [2.45, 2.75) is 0 Å². The summed E-state index contributed by atoms with van der Waals surface area (Å²) in [5, 5.41) is 2.82. The lowest BCUT2D eigenvalue weighted by Gasteiger charge is -2.09. The highest BCUT2D eigenvalue weighted by Crippen LogP contribution is 2.32. The van der Waals surface area contributed by atoms with Crippen LogP contribution in [0.15, 0.2) is 14.3 Å². The molecule has 0 aromatic carbocycles. The standard InChI is InChI=1S/C11H16Br2N2O2S/c1-15(2)4-6-17-5-3-14-11(16)9-7-8(12)10(13)18-9/h7H,3-6H2,1-2H3,(H,14,16). The van der Waals surface area contributed by atoms with Gasteiger partial charge in [-0.25, -0.2) is 0 Å². The summed E-state index contributed by atoms with van der Waals surface area (Å²) in [6.07, 6.45) is 0. The molecule has 0 atom stereocenters. The van der Waals surface area contributed by atoms with Crippen LogP contribution in [0.5, 0.6) is 0 Å². The molecule has 0 saturated heterocycles. The van der Waals surface area contributed by atoms with E-state index < -0.39 is 0 Å². The largest absolute Gasteiger partial charge is 0.378 e. The van der Waals surface area contributed by atoms with E-state index >= 15 is 0 Å². The van der Waals surface area contributed by atoms with E-state index in [1.165, 1.54) is 11.3 Å². The van der Waals surface area contributed by atoms with E-state index in [0.29, 0.717) is 24.6 Å². The third-order valence-electron chi connectivity index (χ3n) is 2.08. The number of hydrogen-bond acceptors (Lipinski definition) is 4. The molecular weight excluding hydrogens is 384 g/mol. The Morgan fingerprint density at radius 3 is 2.72 bits per heavy atom. The Morgan fingerprint density at radius 2 is 2.17 bits per heavy atom. The fourth-order valence-corrected chi connectivity index (χ4v) is 3.08. The van der Waals surface area contributed by atoms with Crippen LogP contribution in [0.1, 0.15) is 9.67 Å². The van der Waals surface area contributed by atoms with Crippen molar-refractivity contribution in [3.05, 3.63) is 19.2 Å². The second kappa shape index (κ2) is 8.27. The fourth-order valence-electron chi connectivity index (χ4n) is 1.13. The maximum atomic E-state index is 11.7. The molecule has 18 heavy (non-hydrogen) atoms. The van der Waals surface area contributed by atoms with Gasteiger partial charge in [-0.2, -0.15) is 0 Å². The molecule has 1 heterocycles. The molecule has 1 rings (SSSR count). The number of likely N-dealkylation sites (N-methyl/N-ethyl adjacent to an activating group) is 1. The number of thiophene rings is 1. The molecule has 102 valence electrons. The van der Waals surface area contributed by atoms with Crippen molar-refractivity contribution in [3.8, 4) is 0 Å². The molecule has 7 heteroatoms. The number of amides is 1. The SMILES string of the molecule is CN(C)CCOCCNC(=O)c1cc(Br)c(Br)s1. The van der Waals surface area contributed by atoms with Crippen molar-refractivity contribution in [1.82, 2.24) is 10.2 Å². The van der Waals surface area contributed by atoms with Crippen molar-refractivity contribution in [3.63, 3.8) is 0 Å². The Balaban J connectivity index is 2.18. The van der Waals surface area contributed by atoms with Gasteiger partial charge in [0.25, 0.3) is 5.91 Å². The van der Waals surface area contributed by atoms with Gasteiger partial charge < -0.3 is 15.0 Å². The number of nitrogens with zero attached hydrogens (tertiary/aromatic N) is 1. The van der Waals surface area contributed by atoms with Crippen LogP contribution < -0.4 is 5.32 Å². The molecule has 0 bridgehead atoms. The summed E-state index contributed by atoms with van der Waals surface area (Å²) < 4.78 is 7.22.